The molecular weight excluding hydrogens is 300 g/mol. The lowest BCUT2D eigenvalue weighted by atomic mass is 10.0. The lowest BCUT2D eigenvalue weighted by Gasteiger charge is -2.28. The number of aryl methyl sites for hydroxylation is 1. The molecule has 0 saturated carbocycles. The van der Waals surface area contributed by atoms with Crippen LogP contribution in [0.15, 0.2) is 29.3 Å². The summed E-state index contributed by atoms with van der Waals surface area (Å²) in [5, 5.41) is 3.56. The molecule has 24 heavy (non-hydrogen) atoms. The second kappa shape index (κ2) is 9.04. The Hall–Kier alpha value is -1.59. The summed E-state index contributed by atoms with van der Waals surface area (Å²) in [6.45, 7) is 5.86. The molecule has 2 atom stereocenters. The number of nitrogens with one attached hydrogen (secondary N) is 1. The highest BCUT2D eigenvalue weighted by atomic mass is 16.5. The van der Waals surface area contributed by atoms with Crippen LogP contribution in [0.5, 0.6) is 0 Å². The van der Waals surface area contributed by atoms with Crippen LogP contribution in [0.3, 0.4) is 0 Å². The van der Waals surface area contributed by atoms with E-state index in [9.17, 15) is 0 Å². The molecule has 5 nitrogen and oxygen atoms in total. The Bertz CT molecular complexity index is 527. The minimum Gasteiger partial charge on any atom is -0.384 e. The van der Waals surface area contributed by atoms with Crippen molar-refractivity contribution in [3.63, 3.8) is 0 Å². The van der Waals surface area contributed by atoms with Crippen molar-refractivity contribution in [1.82, 2.24) is 15.1 Å². The van der Waals surface area contributed by atoms with Crippen molar-refractivity contribution in [1.29, 1.82) is 0 Å². The highest BCUT2D eigenvalue weighted by molar-refractivity contribution is 5.80. The Kier molecular flexibility index (Phi) is 7.06. The molecule has 2 unspecified atom stereocenters. The molecule has 0 spiro atoms. The van der Waals surface area contributed by atoms with Crippen LogP contribution in [0.2, 0.25) is 0 Å². The molecule has 1 aromatic carbocycles. The van der Waals surface area contributed by atoms with Gasteiger partial charge in [0.25, 0.3) is 0 Å². The van der Waals surface area contributed by atoms with Crippen molar-refractivity contribution >= 4 is 5.96 Å². The van der Waals surface area contributed by atoms with Crippen LogP contribution in [0.25, 0.3) is 0 Å². The number of guanidine groups is 1. The molecule has 0 radical (unpaired) electrons. The maximum absolute atomic E-state index is 5.29. The van der Waals surface area contributed by atoms with Gasteiger partial charge in [0, 0.05) is 39.7 Å². The summed E-state index contributed by atoms with van der Waals surface area (Å²) in [5.74, 6) is 1.60. The van der Waals surface area contributed by atoms with Gasteiger partial charge in [0.1, 0.15) is 0 Å². The first-order valence-electron chi connectivity index (χ1n) is 8.72. The molecule has 0 aromatic heterocycles. The number of rotatable bonds is 6. The third-order valence-electron chi connectivity index (χ3n) is 4.74. The fourth-order valence-corrected chi connectivity index (χ4v) is 3.30. The minimum atomic E-state index is 0.319. The predicted octanol–water partition coefficient (Wildman–Crippen LogP) is 2.14. The summed E-state index contributed by atoms with van der Waals surface area (Å²) in [4.78, 5) is 9.07. The minimum absolute atomic E-state index is 0.319. The van der Waals surface area contributed by atoms with Crippen molar-refractivity contribution in [2.45, 2.75) is 19.4 Å². The van der Waals surface area contributed by atoms with Crippen molar-refractivity contribution in [3.05, 3.63) is 35.4 Å². The van der Waals surface area contributed by atoms with Crippen LogP contribution in [0.4, 0.5) is 0 Å². The van der Waals surface area contributed by atoms with Crippen LogP contribution in [-0.4, -0.2) is 70.3 Å². The van der Waals surface area contributed by atoms with Crippen LogP contribution in [0.1, 0.15) is 23.6 Å². The van der Waals surface area contributed by atoms with Gasteiger partial charge in [-0.25, -0.2) is 0 Å². The molecule has 1 fully saturated rings. The Balaban J connectivity index is 1.96. The van der Waals surface area contributed by atoms with Gasteiger partial charge in [-0.1, -0.05) is 29.8 Å². The molecule has 5 heteroatoms. The summed E-state index contributed by atoms with van der Waals surface area (Å²) in [6, 6.07) is 9.11. The maximum Gasteiger partial charge on any atom is 0.193 e. The average Bonchev–Trinajstić information content (AvgIpc) is 3.01. The third-order valence-corrected chi connectivity index (χ3v) is 4.74. The molecule has 2 rings (SSSR count). The van der Waals surface area contributed by atoms with E-state index in [1.54, 1.807) is 7.11 Å². The average molecular weight is 332 g/mol. The second-order valence-corrected chi connectivity index (χ2v) is 6.87. The molecule has 1 aliphatic heterocycles. The van der Waals surface area contributed by atoms with Gasteiger partial charge in [-0.3, -0.25) is 4.99 Å². The van der Waals surface area contributed by atoms with E-state index in [0.717, 1.165) is 32.2 Å². The van der Waals surface area contributed by atoms with E-state index in [1.165, 1.54) is 17.5 Å². The van der Waals surface area contributed by atoms with Gasteiger partial charge in [0.15, 0.2) is 5.96 Å². The van der Waals surface area contributed by atoms with Gasteiger partial charge in [-0.15, -0.1) is 0 Å². The first-order chi connectivity index (χ1) is 11.5. The van der Waals surface area contributed by atoms with Crippen LogP contribution < -0.4 is 5.32 Å². The molecule has 1 saturated heterocycles. The fourth-order valence-electron chi connectivity index (χ4n) is 3.30. The van der Waals surface area contributed by atoms with E-state index in [-0.39, 0.29) is 0 Å². The number of methoxy groups -OCH3 is 1. The van der Waals surface area contributed by atoms with Gasteiger partial charge < -0.3 is 19.9 Å². The summed E-state index contributed by atoms with van der Waals surface area (Å²) in [5.41, 5.74) is 2.62. The molecule has 1 aliphatic rings. The smallest absolute Gasteiger partial charge is 0.193 e. The van der Waals surface area contributed by atoms with Gasteiger partial charge >= 0.3 is 0 Å². The zero-order valence-electron chi connectivity index (χ0n) is 15.7. The number of ether oxygens (including phenoxy) is 1. The second-order valence-electron chi connectivity index (χ2n) is 6.87. The number of aliphatic imine (C=N–C) groups is 1. The summed E-state index contributed by atoms with van der Waals surface area (Å²) >= 11 is 0. The van der Waals surface area contributed by atoms with Crippen LogP contribution >= 0.6 is 0 Å². The lowest BCUT2D eigenvalue weighted by molar-refractivity contribution is 0.157. The normalized spacial score (nSPS) is 19.8. The molecule has 134 valence electrons. The van der Waals surface area contributed by atoms with Crippen molar-refractivity contribution in [2.75, 3.05) is 54.5 Å². The van der Waals surface area contributed by atoms with E-state index in [4.69, 9.17) is 4.74 Å². The van der Waals surface area contributed by atoms with Gasteiger partial charge in [0.05, 0.1) is 12.6 Å². The summed E-state index contributed by atoms with van der Waals surface area (Å²) in [7, 11) is 7.89. The molecule has 1 N–H and O–H groups in total. The molecule has 1 aromatic rings. The van der Waals surface area contributed by atoms with Gasteiger partial charge in [-0.05, 0) is 33.0 Å². The largest absolute Gasteiger partial charge is 0.384 e. The highest BCUT2D eigenvalue weighted by Gasteiger charge is 2.25. The first-order valence-corrected chi connectivity index (χ1v) is 8.72. The highest BCUT2D eigenvalue weighted by Crippen LogP contribution is 2.19. The SMILES string of the molecule is CN=C(NCC(c1ccc(C)cc1)N(C)C)N1CCC(COC)C1. The number of benzene rings is 1. The standard InChI is InChI=1S/C19H32N4O/c1-15-6-8-17(9-7-15)18(22(3)4)12-21-19(20-2)23-11-10-16(13-23)14-24-5/h6-9,16,18H,10-14H2,1-5H3,(H,20,21). The van der Waals surface area contributed by atoms with E-state index in [0.29, 0.717) is 12.0 Å². The van der Waals surface area contributed by atoms with Crippen molar-refractivity contribution in [2.24, 2.45) is 10.9 Å². The van der Waals surface area contributed by atoms with E-state index < -0.39 is 0 Å². The quantitative estimate of drug-likeness (QED) is 0.640. The number of nitrogens with zero attached hydrogens (tertiary/aromatic N) is 3. The Morgan fingerprint density at radius 2 is 2.08 bits per heavy atom. The zero-order valence-corrected chi connectivity index (χ0v) is 15.7. The molecule has 0 bridgehead atoms. The molecule has 0 amide bonds. The number of likely N-dealkylation sites (N-methyl/N-ethyl adjacent to an activating group) is 1. The Labute approximate surface area is 146 Å². The third kappa shape index (κ3) is 4.95. The first kappa shape index (κ1) is 18.7. The van der Waals surface area contributed by atoms with Gasteiger partial charge in [0.2, 0.25) is 0 Å². The molecule has 1 heterocycles. The number of hydrogen-bond acceptors (Lipinski definition) is 3. The number of likely N-dealkylation sites (tertiary alicyclic amines) is 1. The van der Waals surface area contributed by atoms with E-state index in [2.05, 4.69) is 65.4 Å². The monoisotopic (exact) mass is 332 g/mol. The Morgan fingerprint density at radius 3 is 2.67 bits per heavy atom. The van der Waals surface area contributed by atoms with Crippen molar-refractivity contribution < 1.29 is 4.74 Å². The lowest BCUT2D eigenvalue weighted by Crippen LogP contribution is -2.43. The maximum atomic E-state index is 5.29. The topological polar surface area (TPSA) is 40.1 Å². The Morgan fingerprint density at radius 1 is 1.38 bits per heavy atom. The van der Waals surface area contributed by atoms with E-state index in [1.807, 2.05) is 7.05 Å². The van der Waals surface area contributed by atoms with Crippen LogP contribution in [0, 0.1) is 12.8 Å². The summed E-state index contributed by atoms with van der Waals surface area (Å²) < 4.78 is 5.29. The fraction of sp³-hybridized carbons (Fsp3) is 0.632. The molecule has 0 aliphatic carbocycles. The van der Waals surface area contributed by atoms with Crippen molar-refractivity contribution in [3.8, 4) is 0 Å². The number of hydrogen-bond donors (Lipinski definition) is 1. The zero-order chi connectivity index (χ0) is 17.5. The van der Waals surface area contributed by atoms with E-state index >= 15 is 0 Å². The van der Waals surface area contributed by atoms with Crippen LogP contribution in [-0.2, 0) is 4.74 Å². The molecular formula is C19H32N4O. The predicted molar refractivity (Wildman–Crippen MR) is 101 cm³/mol. The van der Waals surface area contributed by atoms with Gasteiger partial charge in [-0.2, -0.15) is 0 Å². The summed E-state index contributed by atoms with van der Waals surface area (Å²) in [6.07, 6.45) is 1.17.